The van der Waals surface area contributed by atoms with Crippen molar-refractivity contribution in [1.29, 1.82) is 0 Å². The Morgan fingerprint density at radius 3 is 2.08 bits per heavy atom. The third-order valence-electron chi connectivity index (χ3n) is 4.57. The summed E-state index contributed by atoms with van der Waals surface area (Å²) in [4.78, 5) is 29.5. The van der Waals surface area contributed by atoms with Crippen LogP contribution in [-0.2, 0) is 14.2 Å². The highest BCUT2D eigenvalue weighted by atomic mass is 16.6. The number of pyridine rings is 1. The molecule has 0 atom stereocenters. The third kappa shape index (κ3) is 12.3. The number of nitrogens with zero attached hydrogens (tertiary/aromatic N) is 2. The van der Waals surface area contributed by atoms with E-state index in [1.165, 1.54) is 4.90 Å². The van der Waals surface area contributed by atoms with Crippen LogP contribution in [0.4, 0.5) is 15.3 Å². The molecule has 0 fully saturated rings. The molecule has 0 aliphatic carbocycles. The summed E-state index contributed by atoms with van der Waals surface area (Å²) in [5.41, 5.74) is 1.59. The number of alkyl carbamates (subject to hydrolysis) is 1. The van der Waals surface area contributed by atoms with E-state index in [-0.39, 0.29) is 0 Å². The second-order valence-corrected chi connectivity index (χ2v) is 10.3. The lowest BCUT2D eigenvalue weighted by atomic mass is 10.1. The number of rotatable bonds is 10. The number of hydrogen-bond acceptors (Lipinski definition) is 7. The summed E-state index contributed by atoms with van der Waals surface area (Å²) in [6, 6.07) is 11.3. The fraction of sp³-hybridized carbons (Fsp3) is 0.464. The minimum atomic E-state index is -0.543. The molecule has 0 aliphatic rings. The summed E-state index contributed by atoms with van der Waals surface area (Å²) in [6.45, 7) is 12.4. The van der Waals surface area contributed by atoms with Crippen LogP contribution in [0.5, 0.6) is 5.88 Å². The molecule has 9 heteroatoms. The van der Waals surface area contributed by atoms with Crippen molar-refractivity contribution in [3.63, 3.8) is 0 Å². The predicted molar refractivity (Wildman–Crippen MR) is 145 cm³/mol. The number of aromatic nitrogens is 1. The maximum Gasteiger partial charge on any atom is 0.414 e. The van der Waals surface area contributed by atoms with Gasteiger partial charge in [-0.15, -0.1) is 0 Å². The highest BCUT2D eigenvalue weighted by molar-refractivity contribution is 5.87. The highest BCUT2D eigenvalue weighted by Crippen LogP contribution is 2.19. The molecule has 1 heterocycles. The molecular weight excluding hydrogens is 474 g/mol. The van der Waals surface area contributed by atoms with E-state index in [2.05, 4.69) is 10.3 Å². The molecule has 0 unspecified atom stereocenters. The highest BCUT2D eigenvalue weighted by Gasteiger charge is 2.20. The average Bonchev–Trinajstić information content (AvgIpc) is 2.80. The maximum atomic E-state index is 12.2. The van der Waals surface area contributed by atoms with Gasteiger partial charge >= 0.3 is 12.2 Å². The minimum Gasteiger partial charge on any atom is -0.475 e. The SMILES string of the molecule is CN(C(=O)OC(C)(C)C)c1ccc(/C=C/c2ccc(OCCOCCNC(=O)OC(C)(C)C)nc2)cc1. The number of carbonyl (C=O) groups is 2. The predicted octanol–water partition coefficient (Wildman–Crippen LogP) is 5.54. The lowest BCUT2D eigenvalue weighted by Crippen LogP contribution is -2.34. The minimum absolute atomic E-state index is 0.346. The molecule has 0 aliphatic heterocycles. The van der Waals surface area contributed by atoms with E-state index in [1.807, 2.05) is 84.0 Å². The van der Waals surface area contributed by atoms with Crippen molar-refractivity contribution in [3.05, 3.63) is 53.7 Å². The molecule has 1 aromatic heterocycles. The van der Waals surface area contributed by atoms with Crippen LogP contribution >= 0.6 is 0 Å². The molecule has 0 bridgehead atoms. The summed E-state index contributed by atoms with van der Waals surface area (Å²) in [7, 11) is 1.68. The van der Waals surface area contributed by atoms with E-state index < -0.39 is 23.4 Å². The van der Waals surface area contributed by atoms with E-state index in [0.717, 1.165) is 16.8 Å². The molecule has 2 amide bonds. The monoisotopic (exact) mass is 513 g/mol. The Kier molecular flexibility index (Phi) is 10.9. The number of carbonyl (C=O) groups excluding carboxylic acids is 2. The molecule has 0 saturated carbocycles. The normalized spacial score (nSPS) is 11.8. The molecule has 0 radical (unpaired) electrons. The van der Waals surface area contributed by atoms with Gasteiger partial charge in [0, 0.05) is 31.5 Å². The molecule has 1 aromatic carbocycles. The number of anilines is 1. The number of ether oxygens (including phenoxy) is 4. The zero-order chi connectivity index (χ0) is 27.5. The Labute approximate surface area is 219 Å². The van der Waals surface area contributed by atoms with E-state index >= 15 is 0 Å². The molecule has 2 aromatic rings. The van der Waals surface area contributed by atoms with Gasteiger partial charge in [0.2, 0.25) is 5.88 Å². The van der Waals surface area contributed by atoms with Crippen molar-refractivity contribution < 1.29 is 28.5 Å². The average molecular weight is 514 g/mol. The zero-order valence-corrected chi connectivity index (χ0v) is 22.9. The van der Waals surface area contributed by atoms with Gasteiger partial charge in [-0.1, -0.05) is 24.3 Å². The second-order valence-electron chi connectivity index (χ2n) is 10.3. The molecule has 0 spiro atoms. The van der Waals surface area contributed by atoms with Gasteiger partial charge in [0.15, 0.2) is 0 Å². The maximum absolute atomic E-state index is 12.2. The summed E-state index contributed by atoms with van der Waals surface area (Å²) in [5, 5.41) is 2.63. The van der Waals surface area contributed by atoms with Crippen LogP contribution < -0.4 is 15.0 Å². The van der Waals surface area contributed by atoms with Crippen LogP contribution in [0.15, 0.2) is 42.6 Å². The van der Waals surface area contributed by atoms with Gasteiger partial charge in [0.25, 0.3) is 0 Å². The standard InChI is InChI=1S/C28H39N3O6/c1-27(2,3)36-25(32)29-16-17-34-18-19-35-24-15-12-22(20-30-24)9-8-21-10-13-23(14-11-21)31(7)26(33)37-28(4,5)6/h8-15,20H,16-19H2,1-7H3,(H,29,32)/b9-8+. The molecular formula is C28H39N3O6. The quantitative estimate of drug-likeness (QED) is 0.416. The first-order valence-corrected chi connectivity index (χ1v) is 12.2. The first-order valence-electron chi connectivity index (χ1n) is 12.2. The Morgan fingerprint density at radius 2 is 1.49 bits per heavy atom. The Balaban J connectivity index is 1.71. The van der Waals surface area contributed by atoms with Crippen LogP contribution in [-0.4, -0.2) is 61.8 Å². The van der Waals surface area contributed by atoms with E-state index in [9.17, 15) is 9.59 Å². The molecule has 0 saturated heterocycles. The summed E-state index contributed by atoms with van der Waals surface area (Å²) < 4.78 is 21.6. The van der Waals surface area contributed by atoms with Crippen LogP contribution in [0.25, 0.3) is 12.2 Å². The van der Waals surface area contributed by atoms with Crippen molar-refractivity contribution in [2.45, 2.75) is 52.7 Å². The summed E-state index contributed by atoms with van der Waals surface area (Å²) in [5.74, 6) is 0.502. The fourth-order valence-electron chi connectivity index (χ4n) is 2.86. The molecule has 202 valence electrons. The molecule has 37 heavy (non-hydrogen) atoms. The van der Waals surface area contributed by atoms with Crippen LogP contribution in [0.3, 0.4) is 0 Å². The number of amides is 2. The summed E-state index contributed by atoms with van der Waals surface area (Å²) in [6.07, 6.45) is 4.78. The first kappa shape index (κ1) is 29.6. The van der Waals surface area contributed by atoms with Gasteiger partial charge < -0.3 is 24.3 Å². The number of benzene rings is 1. The van der Waals surface area contributed by atoms with Crippen LogP contribution in [0.2, 0.25) is 0 Å². The first-order chi connectivity index (χ1) is 17.3. The van der Waals surface area contributed by atoms with Gasteiger partial charge in [0.1, 0.15) is 17.8 Å². The smallest absolute Gasteiger partial charge is 0.414 e. The van der Waals surface area contributed by atoms with Crippen molar-refractivity contribution in [2.75, 3.05) is 38.3 Å². The largest absolute Gasteiger partial charge is 0.475 e. The van der Waals surface area contributed by atoms with Gasteiger partial charge in [-0.2, -0.15) is 0 Å². The lowest BCUT2D eigenvalue weighted by Gasteiger charge is -2.24. The summed E-state index contributed by atoms with van der Waals surface area (Å²) >= 11 is 0. The number of hydrogen-bond donors (Lipinski definition) is 1. The van der Waals surface area contributed by atoms with Gasteiger partial charge in [-0.3, -0.25) is 4.90 Å². The Morgan fingerprint density at radius 1 is 0.865 bits per heavy atom. The Bertz CT molecular complexity index is 1020. The van der Waals surface area contributed by atoms with Crippen LogP contribution in [0, 0.1) is 0 Å². The van der Waals surface area contributed by atoms with Gasteiger partial charge in [-0.25, -0.2) is 14.6 Å². The van der Waals surface area contributed by atoms with Crippen molar-refractivity contribution in [3.8, 4) is 5.88 Å². The van der Waals surface area contributed by atoms with Crippen LogP contribution in [0.1, 0.15) is 52.7 Å². The topological polar surface area (TPSA) is 99.2 Å². The fourth-order valence-corrected chi connectivity index (χ4v) is 2.86. The van der Waals surface area contributed by atoms with Crippen molar-refractivity contribution >= 4 is 30.0 Å². The van der Waals surface area contributed by atoms with Crippen molar-refractivity contribution in [2.24, 2.45) is 0 Å². The second kappa shape index (κ2) is 13.6. The Hall–Kier alpha value is -3.59. The molecule has 9 nitrogen and oxygen atoms in total. The van der Waals surface area contributed by atoms with E-state index in [0.29, 0.717) is 32.2 Å². The molecule has 1 N–H and O–H groups in total. The number of nitrogens with one attached hydrogen (secondary N) is 1. The lowest BCUT2D eigenvalue weighted by molar-refractivity contribution is 0.0487. The third-order valence-corrected chi connectivity index (χ3v) is 4.57. The van der Waals surface area contributed by atoms with Gasteiger partial charge in [0.05, 0.1) is 13.2 Å². The van der Waals surface area contributed by atoms with E-state index in [1.54, 1.807) is 19.3 Å². The molecule has 2 rings (SSSR count). The van der Waals surface area contributed by atoms with Gasteiger partial charge in [-0.05, 0) is 70.9 Å². The van der Waals surface area contributed by atoms with E-state index in [4.69, 9.17) is 18.9 Å². The van der Waals surface area contributed by atoms with Crippen molar-refractivity contribution in [1.82, 2.24) is 10.3 Å². The zero-order valence-electron chi connectivity index (χ0n) is 22.9.